The van der Waals surface area contributed by atoms with Crippen LogP contribution in [0.15, 0.2) is 42.5 Å². The molecule has 0 N–H and O–H groups in total. The maximum absolute atomic E-state index is 13.1. The highest BCUT2D eigenvalue weighted by Crippen LogP contribution is 2.30. The standard InChI is InChI=1S/C25H31N3O5/c1-31-21-6-4-5-20(15-21)28-17-19(14-24(28)29)25(30)27-11-9-26(10-12-27)16-18-7-8-22(32-2)23(13-18)33-3/h4-8,13,15,19H,9-12,14,16-17H2,1-3H3. The summed E-state index contributed by atoms with van der Waals surface area (Å²) >= 11 is 0. The molecule has 176 valence electrons. The zero-order chi connectivity index (χ0) is 23.4. The Bertz CT molecular complexity index is 1000. The largest absolute Gasteiger partial charge is 0.497 e. The fraction of sp³-hybridized carbons (Fsp3) is 0.440. The van der Waals surface area contributed by atoms with E-state index in [1.807, 2.05) is 47.4 Å². The normalized spacial score (nSPS) is 19.0. The summed E-state index contributed by atoms with van der Waals surface area (Å²) in [5.74, 6) is 1.87. The van der Waals surface area contributed by atoms with Gasteiger partial charge in [-0.25, -0.2) is 0 Å². The van der Waals surface area contributed by atoms with Crippen molar-refractivity contribution in [1.82, 2.24) is 9.80 Å². The number of amides is 2. The van der Waals surface area contributed by atoms with Crippen molar-refractivity contribution in [2.75, 3.05) is 59.0 Å². The second-order valence-corrected chi connectivity index (χ2v) is 8.40. The first-order valence-corrected chi connectivity index (χ1v) is 11.2. The van der Waals surface area contributed by atoms with Gasteiger partial charge < -0.3 is 24.0 Å². The second kappa shape index (κ2) is 10.1. The molecule has 0 radical (unpaired) electrons. The van der Waals surface area contributed by atoms with Crippen LogP contribution in [0.2, 0.25) is 0 Å². The fourth-order valence-corrected chi connectivity index (χ4v) is 4.52. The fourth-order valence-electron chi connectivity index (χ4n) is 4.52. The summed E-state index contributed by atoms with van der Waals surface area (Å²) in [6.07, 6.45) is 0.252. The van der Waals surface area contributed by atoms with Crippen molar-refractivity contribution in [3.63, 3.8) is 0 Å². The molecule has 0 aromatic heterocycles. The number of ether oxygens (including phenoxy) is 3. The van der Waals surface area contributed by atoms with E-state index in [9.17, 15) is 9.59 Å². The van der Waals surface area contributed by atoms with Crippen molar-refractivity contribution in [1.29, 1.82) is 0 Å². The molecule has 2 heterocycles. The van der Waals surface area contributed by atoms with Crippen LogP contribution in [0.5, 0.6) is 17.2 Å². The van der Waals surface area contributed by atoms with Crippen LogP contribution in [-0.2, 0) is 16.1 Å². The predicted octanol–water partition coefficient (Wildman–Crippen LogP) is 2.41. The molecule has 8 nitrogen and oxygen atoms in total. The molecule has 8 heteroatoms. The Hall–Kier alpha value is -3.26. The number of anilines is 1. The second-order valence-electron chi connectivity index (χ2n) is 8.40. The third-order valence-electron chi connectivity index (χ3n) is 6.38. The van der Waals surface area contributed by atoms with Crippen LogP contribution in [0.3, 0.4) is 0 Å². The lowest BCUT2D eigenvalue weighted by atomic mass is 10.1. The van der Waals surface area contributed by atoms with E-state index in [4.69, 9.17) is 14.2 Å². The van der Waals surface area contributed by atoms with Crippen LogP contribution >= 0.6 is 0 Å². The molecule has 1 atom stereocenters. The first-order valence-electron chi connectivity index (χ1n) is 11.2. The molecular weight excluding hydrogens is 422 g/mol. The third-order valence-corrected chi connectivity index (χ3v) is 6.38. The number of carbonyl (C=O) groups excluding carboxylic acids is 2. The van der Waals surface area contributed by atoms with Gasteiger partial charge in [0.05, 0.1) is 27.2 Å². The molecule has 1 unspecified atom stereocenters. The first kappa shape index (κ1) is 22.9. The number of methoxy groups -OCH3 is 3. The van der Waals surface area contributed by atoms with Gasteiger partial charge in [0.1, 0.15) is 5.75 Å². The van der Waals surface area contributed by atoms with Crippen LogP contribution in [0.25, 0.3) is 0 Å². The molecule has 2 fully saturated rings. The summed E-state index contributed by atoms with van der Waals surface area (Å²) in [6, 6.07) is 13.4. The molecule has 0 saturated carbocycles. The van der Waals surface area contributed by atoms with Crippen molar-refractivity contribution in [2.24, 2.45) is 5.92 Å². The van der Waals surface area contributed by atoms with Crippen molar-refractivity contribution in [3.05, 3.63) is 48.0 Å². The molecular formula is C25H31N3O5. The summed E-state index contributed by atoms with van der Waals surface area (Å²) in [5.41, 5.74) is 1.91. The topological polar surface area (TPSA) is 71.6 Å². The van der Waals surface area contributed by atoms with Gasteiger partial charge in [0.2, 0.25) is 11.8 Å². The van der Waals surface area contributed by atoms with Gasteiger partial charge in [-0.1, -0.05) is 12.1 Å². The number of hydrogen-bond donors (Lipinski definition) is 0. The molecule has 0 bridgehead atoms. The number of benzene rings is 2. The third kappa shape index (κ3) is 5.06. The van der Waals surface area contributed by atoms with Gasteiger partial charge in [0, 0.05) is 57.4 Å². The summed E-state index contributed by atoms with van der Waals surface area (Å²) < 4.78 is 16.0. The Balaban J connectivity index is 1.32. The summed E-state index contributed by atoms with van der Waals surface area (Å²) in [5, 5.41) is 0. The Kier molecular flexibility index (Phi) is 7.03. The minimum Gasteiger partial charge on any atom is -0.497 e. The Labute approximate surface area is 194 Å². The van der Waals surface area contributed by atoms with Gasteiger partial charge in [0.15, 0.2) is 11.5 Å². The molecule has 2 aliphatic heterocycles. The monoisotopic (exact) mass is 453 g/mol. The van der Waals surface area contributed by atoms with Gasteiger partial charge in [0.25, 0.3) is 0 Å². The predicted molar refractivity (Wildman–Crippen MR) is 125 cm³/mol. The minimum atomic E-state index is -0.305. The number of nitrogens with zero attached hydrogens (tertiary/aromatic N) is 3. The van der Waals surface area contributed by atoms with Crippen LogP contribution in [0.1, 0.15) is 12.0 Å². The first-order chi connectivity index (χ1) is 16.0. The van der Waals surface area contributed by atoms with Gasteiger partial charge in [-0.2, -0.15) is 0 Å². The van der Waals surface area contributed by atoms with Crippen LogP contribution < -0.4 is 19.1 Å². The van der Waals surface area contributed by atoms with E-state index in [0.29, 0.717) is 31.1 Å². The quantitative estimate of drug-likeness (QED) is 0.641. The molecule has 0 aliphatic carbocycles. The highest BCUT2D eigenvalue weighted by Gasteiger charge is 2.38. The smallest absolute Gasteiger partial charge is 0.228 e. The molecule has 2 amide bonds. The summed E-state index contributed by atoms with van der Waals surface area (Å²) in [4.78, 5) is 31.7. The molecule has 33 heavy (non-hydrogen) atoms. The molecule has 4 rings (SSSR count). The van der Waals surface area contributed by atoms with Crippen LogP contribution in [-0.4, -0.2) is 75.7 Å². The van der Waals surface area contributed by atoms with Crippen molar-refractivity contribution < 1.29 is 23.8 Å². The highest BCUT2D eigenvalue weighted by molar-refractivity contribution is 6.00. The maximum Gasteiger partial charge on any atom is 0.228 e. The zero-order valence-electron chi connectivity index (χ0n) is 19.5. The van der Waals surface area contributed by atoms with E-state index in [-0.39, 0.29) is 24.2 Å². The molecule has 2 aliphatic rings. The number of rotatable bonds is 7. The van der Waals surface area contributed by atoms with Crippen LogP contribution in [0, 0.1) is 5.92 Å². The molecule has 2 aromatic carbocycles. The van der Waals surface area contributed by atoms with E-state index in [2.05, 4.69) is 4.90 Å². The zero-order valence-corrected chi connectivity index (χ0v) is 19.5. The lowest BCUT2D eigenvalue weighted by molar-refractivity contribution is -0.137. The Morgan fingerprint density at radius 2 is 1.70 bits per heavy atom. The molecule has 2 saturated heterocycles. The SMILES string of the molecule is COc1cccc(N2CC(C(=O)N3CCN(Cc4ccc(OC)c(OC)c4)CC3)CC2=O)c1. The highest BCUT2D eigenvalue weighted by atomic mass is 16.5. The van der Waals surface area contributed by atoms with Gasteiger partial charge in [-0.05, 0) is 29.8 Å². The van der Waals surface area contributed by atoms with E-state index in [1.165, 1.54) is 0 Å². The lowest BCUT2D eigenvalue weighted by Crippen LogP contribution is -2.50. The summed E-state index contributed by atoms with van der Waals surface area (Å²) in [6.45, 7) is 4.11. The number of piperazine rings is 1. The molecule has 0 spiro atoms. The Morgan fingerprint density at radius 1 is 0.939 bits per heavy atom. The van der Waals surface area contributed by atoms with E-state index < -0.39 is 0 Å². The molecule has 2 aromatic rings. The number of hydrogen-bond acceptors (Lipinski definition) is 6. The van der Waals surface area contributed by atoms with Gasteiger partial charge in [-0.15, -0.1) is 0 Å². The van der Waals surface area contributed by atoms with E-state index in [0.717, 1.165) is 36.6 Å². The Morgan fingerprint density at radius 3 is 2.39 bits per heavy atom. The lowest BCUT2D eigenvalue weighted by Gasteiger charge is -2.36. The van der Waals surface area contributed by atoms with E-state index in [1.54, 1.807) is 26.2 Å². The van der Waals surface area contributed by atoms with E-state index >= 15 is 0 Å². The van der Waals surface area contributed by atoms with Crippen molar-refractivity contribution >= 4 is 17.5 Å². The average Bonchev–Trinajstić information content (AvgIpc) is 3.25. The minimum absolute atomic E-state index is 0.0197. The number of carbonyl (C=O) groups is 2. The average molecular weight is 454 g/mol. The summed E-state index contributed by atoms with van der Waals surface area (Å²) in [7, 11) is 4.86. The van der Waals surface area contributed by atoms with Gasteiger partial charge >= 0.3 is 0 Å². The van der Waals surface area contributed by atoms with Crippen molar-refractivity contribution in [2.45, 2.75) is 13.0 Å². The van der Waals surface area contributed by atoms with Gasteiger partial charge in [-0.3, -0.25) is 14.5 Å². The van der Waals surface area contributed by atoms with Crippen molar-refractivity contribution in [3.8, 4) is 17.2 Å². The van der Waals surface area contributed by atoms with Crippen LogP contribution in [0.4, 0.5) is 5.69 Å². The maximum atomic E-state index is 13.1.